The molecule has 4 heteroatoms. The summed E-state index contributed by atoms with van der Waals surface area (Å²) in [6.45, 7) is 7.64. The molecular formula is C12H18N2O2. The first kappa shape index (κ1) is 11.2. The zero-order valence-corrected chi connectivity index (χ0v) is 9.99. The predicted octanol–water partition coefficient (Wildman–Crippen LogP) is 1.41. The molecule has 1 aromatic heterocycles. The van der Waals surface area contributed by atoms with E-state index >= 15 is 0 Å². The molecule has 1 aliphatic rings. The van der Waals surface area contributed by atoms with E-state index in [-0.39, 0.29) is 18.0 Å². The molecule has 88 valence electrons. The summed E-state index contributed by atoms with van der Waals surface area (Å²) in [5.41, 5.74) is 0. The summed E-state index contributed by atoms with van der Waals surface area (Å²) >= 11 is 0. The van der Waals surface area contributed by atoms with Crippen molar-refractivity contribution >= 4 is 5.91 Å². The van der Waals surface area contributed by atoms with E-state index in [1.165, 1.54) is 0 Å². The van der Waals surface area contributed by atoms with Crippen molar-refractivity contribution in [3.05, 3.63) is 23.7 Å². The largest absolute Gasteiger partial charge is 0.456 e. The molecule has 0 bridgehead atoms. The van der Waals surface area contributed by atoms with Crippen molar-refractivity contribution < 1.29 is 9.21 Å². The van der Waals surface area contributed by atoms with Gasteiger partial charge in [0.2, 0.25) is 0 Å². The van der Waals surface area contributed by atoms with Crippen LogP contribution in [0.2, 0.25) is 0 Å². The van der Waals surface area contributed by atoms with Gasteiger partial charge in [0.1, 0.15) is 5.76 Å². The van der Waals surface area contributed by atoms with Gasteiger partial charge in [0.05, 0.1) is 0 Å². The molecule has 4 nitrogen and oxygen atoms in total. The normalized spacial score (nSPS) is 25.8. The van der Waals surface area contributed by atoms with Crippen LogP contribution in [0.1, 0.15) is 30.2 Å². The fourth-order valence-electron chi connectivity index (χ4n) is 2.21. The van der Waals surface area contributed by atoms with Crippen molar-refractivity contribution in [1.82, 2.24) is 10.2 Å². The van der Waals surface area contributed by atoms with Crippen LogP contribution in [0, 0.1) is 6.92 Å². The van der Waals surface area contributed by atoms with E-state index in [4.69, 9.17) is 4.42 Å². The Morgan fingerprint density at radius 2 is 2.00 bits per heavy atom. The highest BCUT2D eigenvalue weighted by Crippen LogP contribution is 2.16. The summed E-state index contributed by atoms with van der Waals surface area (Å²) in [6.07, 6.45) is 0. The van der Waals surface area contributed by atoms with Crippen LogP contribution in [0.4, 0.5) is 0 Å². The Balaban J connectivity index is 2.19. The van der Waals surface area contributed by atoms with E-state index in [1.54, 1.807) is 6.07 Å². The van der Waals surface area contributed by atoms with Crippen molar-refractivity contribution in [3.8, 4) is 0 Å². The summed E-state index contributed by atoms with van der Waals surface area (Å²) in [6, 6.07) is 3.99. The molecule has 2 atom stereocenters. The molecule has 1 aliphatic heterocycles. The maximum Gasteiger partial charge on any atom is 0.290 e. The van der Waals surface area contributed by atoms with Crippen molar-refractivity contribution in [2.24, 2.45) is 0 Å². The Morgan fingerprint density at radius 3 is 2.50 bits per heavy atom. The average Bonchev–Trinajstić information content (AvgIpc) is 2.64. The van der Waals surface area contributed by atoms with E-state index in [0.29, 0.717) is 5.76 Å². The number of piperazine rings is 1. The topological polar surface area (TPSA) is 45.5 Å². The minimum atomic E-state index is -0.00500. The molecular weight excluding hydrogens is 204 g/mol. The highest BCUT2D eigenvalue weighted by atomic mass is 16.3. The van der Waals surface area contributed by atoms with Gasteiger partial charge in [0.25, 0.3) is 5.91 Å². The summed E-state index contributed by atoms with van der Waals surface area (Å²) < 4.78 is 5.38. The van der Waals surface area contributed by atoms with Gasteiger partial charge < -0.3 is 14.6 Å². The lowest BCUT2D eigenvalue weighted by Crippen LogP contribution is -2.57. The number of carbonyl (C=O) groups is 1. The molecule has 0 spiro atoms. The highest BCUT2D eigenvalue weighted by Gasteiger charge is 2.30. The van der Waals surface area contributed by atoms with Crippen molar-refractivity contribution in [3.63, 3.8) is 0 Å². The third-order valence-corrected chi connectivity index (χ3v) is 3.01. The Labute approximate surface area is 95.6 Å². The molecule has 16 heavy (non-hydrogen) atoms. The van der Waals surface area contributed by atoms with Crippen LogP contribution in [0.15, 0.2) is 16.5 Å². The Bertz CT molecular complexity index is 376. The fraction of sp³-hybridized carbons (Fsp3) is 0.583. The number of amides is 1. The molecule has 2 unspecified atom stereocenters. The van der Waals surface area contributed by atoms with E-state index in [1.807, 2.05) is 17.9 Å². The van der Waals surface area contributed by atoms with Crippen LogP contribution in [-0.4, -0.2) is 36.0 Å². The second kappa shape index (κ2) is 4.29. The van der Waals surface area contributed by atoms with Crippen LogP contribution in [-0.2, 0) is 0 Å². The monoisotopic (exact) mass is 222 g/mol. The van der Waals surface area contributed by atoms with Crippen molar-refractivity contribution in [2.45, 2.75) is 32.9 Å². The Morgan fingerprint density at radius 1 is 1.38 bits per heavy atom. The SMILES string of the molecule is Cc1ccc(C(=O)N2C(C)CNCC2C)o1. The van der Waals surface area contributed by atoms with E-state index in [9.17, 15) is 4.79 Å². The molecule has 1 saturated heterocycles. The maximum absolute atomic E-state index is 12.2. The quantitative estimate of drug-likeness (QED) is 0.781. The number of furan rings is 1. The number of nitrogens with zero attached hydrogens (tertiary/aromatic N) is 1. The number of carbonyl (C=O) groups excluding carboxylic acids is 1. The number of rotatable bonds is 1. The molecule has 1 amide bonds. The molecule has 0 aliphatic carbocycles. The lowest BCUT2D eigenvalue weighted by Gasteiger charge is -2.38. The van der Waals surface area contributed by atoms with Gasteiger partial charge in [-0.1, -0.05) is 0 Å². The molecule has 0 saturated carbocycles. The molecule has 1 N–H and O–H groups in total. The minimum Gasteiger partial charge on any atom is -0.456 e. The van der Waals surface area contributed by atoms with Gasteiger partial charge in [-0.05, 0) is 32.9 Å². The first-order chi connectivity index (χ1) is 7.59. The van der Waals surface area contributed by atoms with E-state index in [0.717, 1.165) is 18.8 Å². The van der Waals surface area contributed by atoms with E-state index < -0.39 is 0 Å². The van der Waals surface area contributed by atoms with Crippen LogP contribution in [0.25, 0.3) is 0 Å². The first-order valence-corrected chi connectivity index (χ1v) is 5.69. The number of nitrogens with one attached hydrogen (secondary N) is 1. The third kappa shape index (κ3) is 1.97. The number of aryl methyl sites for hydroxylation is 1. The van der Waals surface area contributed by atoms with Gasteiger partial charge in [-0.2, -0.15) is 0 Å². The summed E-state index contributed by atoms with van der Waals surface area (Å²) in [7, 11) is 0. The van der Waals surface area contributed by atoms with Gasteiger partial charge in [-0.25, -0.2) is 0 Å². The zero-order chi connectivity index (χ0) is 11.7. The Kier molecular flexibility index (Phi) is 3.01. The molecule has 1 fully saturated rings. The Hall–Kier alpha value is -1.29. The van der Waals surface area contributed by atoms with Gasteiger partial charge in [-0.15, -0.1) is 0 Å². The van der Waals surface area contributed by atoms with E-state index in [2.05, 4.69) is 19.2 Å². The second-order valence-electron chi connectivity index (χ2n) is 4.48. The molecule has 0 radical (unpaired) electrons. The van der Waals surface area contributed by atoms with Gasteiger partial charge in [-0.3, -0.25) is 4.79 Å². The molecule has 2 rings (SSSR count). The predicted molar refractivity (Wildman–Crippen MR) is 61.4 cm³/mol. The minimum absolute atomic E-state index is 0.00500. The van der Waals surface area contributed by atoms with Crippen LogP contribution in [0.5, 0.6) is 0 Å². The summed E-state index contributed by atoms with van der Waals surface area (Å²) in [5.74, 6) is 1.21. The third-order valence-electron chi connectivity index (χ3n) is 3.01. The smallest absolute Gasteiger partial charge is 0.290 e. The standard InChI is InChI=1S/C12H18N2O2/c1-8-6-13-7-9(2)14(8)12(15)11-5-4-10(3)16-11/h4-5,8-9,13H,6-7H2,1-3H3. The van der Waals surface area contributed by atoms with Gasteiger partial charge in [0, 0.05) is 25.2 Å². The number of hydrogen-bond acceptors (Lipinski definition) is 3. The molecule has 1 aromatic rings. The zero-order valence-electron chi connectivity index (χ0n) is 9.99. The van der Waals surface area contributed by atoms with Gasteiger partial charge in [0.15, 0.2) is 5.76 Å². The van der Waals surface area contributed by atoms with Crippen molar-refractivity contribution in [1.29, 1.82) is 0 Å². The van der Waals surface area contributed by atoms with Crippen molar-refractivity contribution in [2.75, 3.05) is 13.1 Å². The summed E-state index contributed by atoms with van der Waals surface area (Å²) in [4.78, 5) is 14.1. The highest BCUT2D eigenvalue weighted by molar-refractivity contribution is 5.92. The van der Waals surface area contributed by atoms with Crippen LogP contribution >= 0.6 is 0 Å². The molecule has 2 heterocycles. The van der Waals surface area contributed by atoms with Crippen LogP contribution in [0.3, 0.4) is 0 Å². The lowest BCUT2D eigenvalue weighted by atomic mass is 10.1. The van der Waals surface area contributed by atoms with Crippen LogP contribution < -0.4 is 5.32 Å². The second-order valence-corrected chi connectivity index (χ2v) is 4.48. The lowest BCUT2D eigenvalue weighted by molar-refractivity contribution is 0.0510. The molecule has 0 aromatic carbocycles. The summed E-state index contributed by atoms with van der Waals surface area (Å²) in [5, 5.41) is 3.30. The maximum atomic E-state index is 12.2. The number of hydrogen-bond donors (Lipinski definition) is 1. The first-order valence-electron chi connectivity index (χ1n) is 5.69. The van der Waals surface area contributed by atoms with Gasteiger partial charge >= 0.3 is 0 Å². The average molecular weight is 222 g/mol. The fourth-order valence-corrected chi connectivity index (χ4v) is 2.21.